The first-order chi connectivity index (χ1) is 8.50. The maximum Gasteiger partial charge on any atom is 0.239 e. The predicted octanol–water partition coefficient (Wildman–Crippen LogP) is 2.30. The fourth-order valence-electron chi connectivity index (χ4n) is 1.91. The quantitative estimate of drug-likeness (QED) is 0.904. The number of carbonyl (C=O) groups is 1. The van der Waals surface area contributed by atoms with E-state index in [0.29, 0.717) is 0 Å². The first kappa shape index (κ1) is 12.6. The Labute approximate surface area is 106 Å². The molecule has 0 saturated carbocycles. The minimum Gasteiger partial charge on any atom is -0.459 e. The Bertz CT molecular complexity index is 527. The van der Waals surface area contributed by atoms with Crippen LogP contribution in [0.15, 0.2) is 34.7 Å². The van der Waals surface area contributed by atoms with Gasteiger partial charge in [-0.1, -0.05) is 18.2 Å². The molecule has 2 aromatic rings. The molecule has 2 atom stereocenters. The van der Waals surface area contributed by atoms with E-state index in [9.17, 15) is 4.79 Å². The highest BCUT2D eigenvalue weighted by molar-refractivity contribution is 5.82. The number of hydrogen-bond acceptors (Lipinski definition) is 3. The van der Waals surface area contributed by atoms with Crippen LogP contribution in [0.4, 0.5) is 0 Å². The van der Waals surface area contributed by atoms with E-state index in [1.165, 1.54) is 0 Å². The molecule has 1 aromatic carbocycles. The summed E-state index contributed by atoms with van der Waals surface area (Å²) in [5, 5.41) is 1.04. The molecule has 1 heterocycles. The van der Waals surface area contributed by atoms with Crippen molar-refractivity contribution >= 4 is 16.9 Å². The van der Waals surface area contributed by atoms with Gasteiger partial charge in [-0.05, 0) is 26.0 Å². The summed E-state index contributed by atoms with van der Waals surface area (Å²) < 4.78 is 5.75. The van der Waals surface area contributed by atoms with Gasteiger partial charge in [-0.2, -0.15) is 0 Å². The summed E-state index contributed by atoms with van der Waals surface area (Å²) in [5.41, 5.74) is 6.44. The molecule has 0 spiro atoms. The van der Waals surface area contributed by atoms with Crippen molar-refractivity contribution in [2.45, 2.75) is 25.9 Å². The van der Waals surface area contributed by atoms with Gasteiger partial charge in [-0.3, -0.25) is 4.79 Å². The number of hydrogen-bond donors (Lipinski definition) is 1. The molecule has 1 amide bonds. The Balaban J connectivity index is 2.27. The van der Waals surface area contributed by atoms with Crippen LogP contribution >= 0.6 is 0 Å². The number of benzene rings is 1. The fourth-order valence-corrected chi connectivity index (χ4v) is 1.91. The second kappa shape index (κ2) is 4.82. The number of furan rings is 1. The van der Waals surface area contributed by atoms with E-state index in [1.807, 2.05) is 37.3 Å². The van der Waals surface area contributed by atoms with Crippen LogP contribution in [0, 0.1) is 0 Å². The second-order valence-electron chi connectivity index (χ2n) is 4.60. The Morgan fingerprint density at radius 2 is 2.00 bits per heavy atom. The molecule has 2 unspecified atom stereocenters. The number of nitrogens with zero attached hydrogens (tertiary/aromatic N) is 1. The van der Waals surface area contributed by atoms with Gasteiger partial charge in [0, 0.05) is 12.4 Å². The minimum atomic E-state index is -0.498. The maximum absolute atomic E-state index is 11.8. The summed E-state index contributed by atoms with van der Waals surface area (Å²) in [6.45, 7) is 3.61. The van der Waals surface area contributed by atoms with Gasteiger partial charge in [-0.25, -0.2) is 0 Å². The van der Waals surface area contributed by atoms with Crippen LogP contribution in [0.2, 0.25) is 0 Å². The Morgan fingerprint density at radius 1 is 1.33 bits per heavy atom. The number of likely N-dealkylation sites (N-methyl/N-ethyl adjacent to an activating group) is 1. The van der Waals surface area contributed by atoms with E-state index in [4.69, 9.17) is 10.2 Å². The SMILES string of the molecule is CC(N)C(=O)N(C)C(C)c1cc2ccccc2o1. The fraction of sp³-hybridized carbons (Fsp3) is 0.357. The van der Waals surface area contributed by atoms with Crippen LogP contribution in [0.3, 0.4) is 0 Å². The van der Waals surface area contributed by atoms with Gasteiger partial charge in [0.05, 0.1) is 12.1 Å². The summed E-state index contributed by atoms with van der Waals surface area (Å²) >= 11 is 0. The molecule has 0 saturated heterocycles. The summed E-state index contributed by atoms with van der Waals surface area (Å²) in [5.74, 6) is 0.677. The molecular weight excluding hydrogens is 228 g/mol. The van der Waals surface area contributed by atoms with Crippen molar-refractivity contribution in [3.63, 3.8) is 0 Å². The second-order valence-corrected chi connectivity index (χ2v) is 4.60. The highest BCUT2D eigenvalue weighted by Crippen LogP contribution is 2.26. The third-order valence-corrected chi connectivity index (χ3v) is 3.17. The van der Waals surface area contributed by atoms with Crippen molar-refractivity contribution in [3.05, 3.63) is 36.1 Å². The van der Waals surface area contributed by atoms with Crippen molar-refractivity contribution in [1.82, 2.24) is 4.90 Å². The molecular formula is C14H18N2O2. The van der Waals surface area contributed by atoms with Crippen LogP contribution in [0.1, 0.15) is 25.6 Å². The first-order valence-electron chi connectivity index (χ1n) is 6.01. The summed E-state index contributed by atoms with van der Waals surface area (Å²) in [6.07, 6.45) is 0. The molecule has 0 aliphatic carbocycles. The lowest BCUT2D eigenvalue weighted by atomic mass is 10.2. The third-order valence-electron chi connectivity index (χ3n) is 3.17. The maximum atomic E-state index is 11.8. The lowest BCUT2D eigenvalue weighted by Crippen LogP contribution is -2.40. The molecule has 1 aromatic heterocycles. The minimum absolute atomic E-state index is 0.0945. The van der Waals surface area contributed by atoms with Crippen LogP contribution < -0.4 is 5.73 Å². The molecule has 0 aliphatic rings. The van der Waals surface area contributed by atoms with Gasteiger partial charge in [0.1, 0.15) is 11.3 Å². The van der Waals surface area contributed by atoms with Crippen LogP contribution in [0.25, 0.3) is 11.0 Å². The molecule has 96 valence electrons. The highest BCUT2D eigenvalue weighted by Gasteiger charge is 2.22. The molecule has 4 heteroatoms. The monoisotopic (exact) mass is 246 g/mol. The Kier molecular flexibility index (Phi) is 3.39. The van der Waals surface area contributed by atoms with Crippen LogP contribution in [-0.2, 0) is 4.79 Å². The van der Waals surface area contributed by atoms with Gasteiger partial charge in [0.25, 0.3) is 0 Å². The van der Waals surface area contributed by atoms with Crippen molar-refractivity contribution < 1.29 is 9.21 Å². The van der Waals surface area contributed by atoms with Crippen molar-refractivity contribution in [2.24, 2.45) is 5.73 Å². The van der Waals surface area contributed by atoms with E-state index in [1.54, 1.807) is 18.9 Å². The molecule has 2 N–H and O–H groups in total. The summed E-state index contributed by atoms with van der Waals surface area (Å²) in [4.78, 5) is 13.4. The lowest BCUT2D eigenvalue weighted by Gasteiger charge is -2.24. The molecule has 0 bridgehead atoms. The van der Waals surface area contributed by atoms with Crippen LogP contribution in [-0.4, -0.2) is 23.9 Å². The zero-order valence-corrected chi connectivity index (χ0v) is 10.9. The largest absolute Gasteiger partial charge is 0.459 e. The number of para-hydroxylation sites is 1. The summed E-state index contributed by atoms with van der Waals surface area (Å²) in [7, 11) is 1.74. The third kappa shape index (κ3) is 2.24. The molecule has 0 radical (unpaired) electrons. The van der Waals surface area contributed by atoms with Crippen LogP contribution in [0.5, 0.6) is 0 Å². The molecule has 0 fully saturated rings. The predicted molar refractivity (Wildman–Crippen MR) is 71.0 cm³/mol. The smallest absolute Gasteiger partial charge is 0.239 e. The Morgan fingerprint density at radius 3 is 2.61 bits per heavy atom. The van der Waals surface area contributed by atoms with Gasteiger partial charge in [0.15, 0.2) is 0 Å². The molecule has 2 rings (SSSR count). The number of fused-ring (bicyclic) bond motifs is 1. The van der Waals surface area contributed by atoms with E-state index in [0.717, 1.165) is 16.7 Å². The summed E-state index contributed by atoms with van der Waals surface area (Å²) in [6, 6.07) is 9.13. The normalized spacial score (nSPS) is 14.4. The molecule has 4 nitrogen and oxygen atoms in total. The molecule has 0 aliphatic heterocycles. The van der Waals surface area contributed by atoms with Gasteiger partial charge >= 0.3 is 0 Å². The first-order valence-corrected chi connectivity index (χ1v) is 6.01. The molecule has 18 heavy (non-hydrogen) atoms. The zero-order chi connectivity index (χ0) is 13.3. The van der Waals surface area contributed by atoms with E-state index in [-0.39, 0.29) is 11.9 Å². The number of nitrogens with two attached hydrogens (primary N) is 1. The average Bonchev–Trinajstić information content (AvgIpc) is 2.79. The number of rotatable bonds is 3. The van der Waals surface area contributed by atoms with Crippen molar-refractivity contribution in [2.75, 3.05) is 7.05 Å². The lowest BCUT2D eigenvalue weighted by molar-refractivity contribution is -0.133. The van der Waals surface area contributed by atoms with E-state index >= 15 is 0 Å². The average molecular weight is 246 g/mol. The van der Waals surface area contributed by atoms with E-state index in [2.05, 4.69) is 0 Å². The topological polar surface area (TPSA) is 59.5 Å². The highest BCUT2D eigenvalue weighted by atomic mass is 16.3. The van der Waals surface area contributed by atoms with Crippen molar-refractivity contribution in [1.29, 1.82) is 0 Å². The number of amides is 1. The van der Waals surface area contributed by atoms with E-state index < -0.39 is 6.04 Å². The number of carbonyl (C=O) groups excluding carboxylic acids is 1. The van der Waals surface area contributed by atoms with Gasteiger partial charge < -0.3 is 15.1 Å². The van der Waals surface area contributed by atoms with Gasteiger partial charge in [-0.15, -0.1) is 0 Å². The van der Waals surface area contributed by atoms with Crippen molar-refractivity contribution in [3.8, 4) is 0 Å². The zero-order valence-electron chi connectivity index (χ0n) is 10.9. The Hall–Kier alpha value is -1.81. The standard InChI is InChI=1S/C14H18N2O2/c1-9(15)14(17)16(3)10(2)13-8-11-6-4-5-7-12(11)18-13/h4-10H,15H2,1-3H3. The van der Waals surface area contributed by atoms with Gasteiger partial charge in [0.2, 0.25) is 5.91 Å².